The molecule has 1 aliphatic rings. The van der Waals surface area contributed by atoms with Crippen molar-refractivity contribution in [3.05, 3.63) is 69.7 Å². The normalized spacial score (nSPS) is 13.4. The molecule has 1 aliphatic carbocycles. The van der Waals surface area contributed by atoms with E-state index < -0.39 is 0 Å². The van der Waals surface area contributed by atoms with Gasteiger partial charge in [0.1, 0.15) is 0 Å². The number of rotatable bonds is 6. The third-order valence-electron chi connectivity index (χ3n) is 4.08. The first-order chi connectivity index (χ1) is 11.7. The molecule has 2 aromatic rings. The molecule has 0 unspecified atom stereocenters. The van der Waals surface area contributed by atoms with Crippen LogP contribution in [0.2, 0.25) is 0 Å². The van der Waals surface area contributed by atoms with E-state index in [1.807, 2.05) is 41.8 Å². The first-order valence-electron chi connectivity index (χ1n) is 8.14. The van der Waals surface area contributed by atoms with Gasteiger partial charge in [-0.2, -0.15) is 4.98 Å². The fourth-order valence-electron chi connectivity index (χ4n) is 2.98. The number of aromatic nitrogens is 2. The lowest BCUT2D eigenvalue weighted by Gasteiger charge is -2.15. The molecule has 0 aliphatic heterocycles. The van der Waals surface area contributed by atoms with E-state index in [-0.39, 0.29) is 17.9 Å². The zero-order valence-corrected chi connectivity index (χ0v) is 14.5. The maximum absolute atomic E-state index is 12.3. The molecule has 0 amide bonds. The molecule has 0 bridgehead atoms. The van der Waals surface area contributed by atoms with Crippen LogP contribution in [0.15, 0.2) is 52.4 Å². The van der Waals surface area contributed by atoms with Gasteiger partial charge in [-0.3, -0.25) is 9.59 Å². The Morgan fingerprint density at radius 2 is 2.08 bits per heavy atom. The van der Waals surface area contributed by atoms with Crippen LogP contribution in [-0.2, 0) is 29.9 Å². The second-order valence-corrected chi connectivity index (χ2v) is 6.75. The SMILES string of the molecule is C/C=C\C(=O)Cn1c(SCc2ccccc2)nc(=O)c2c1CCC2. The summed E-state index contributed by atoms with van der Waals surface area (Å²) in [4.78, 5) is 28.6. The number of fused-ring (bicyclic) bond motifs is 1. The van der Waals surface area contributed by atoms with Crippen LogP contribution in [0.4, 0.5) is 0 Å². The molecular weight excluding hydrogens is 320 g/mol. The van der Waals surface area contributed by atoms with Gasteiger partial charge in [0.2, 0.25) is 0 Å². The van der Waals surface area contributed by atoms with Gasteiger partial charge in [0.25, 0.3) is 5.56 Å². The molecule has 1 heterocycles. The number of hydrogen-bond donors (Lipinski definition) is 0. The molecule has 4 nitrogen and oxygen atoms in total. The van der Waals surface area contributed by atoms with Crippen molar-refractivity contribution in [2.45, 2.75) is 43.6 Å². The van der Waals surface area contributed by atoms with Gasteiger partial charge < -0.3 is 4.57 Å². The second-order valence-electron chi connectivity index (χ2n) is 5.81. The summed E-state index contributed by atoms with van der Waals surface area (Å²) in [6.45, 7) is 2.08. The van der Waals surface area contributed by atoms with E-state index >= 15 is 0 Å². The lowest BCUT2D eigenvalue weighted by molar-refractivity contribution is -0.115. The number of nitrogens with zero attached hydrogens (tertiary/aromatic N) is 2. The van der Waals surface area contributed by atoms with Crippen molar-refractivity contribution in [3.8, 4) is 0 Å². The molecule has 0 fully saturated rings. The van der Waals surface area contributed by atoms with Crippen LogP contribution in [-0.4, -0.2) is 15.3 Å². The fraction of sp³-hybridized carbons (Fsp3) is 0.316. The molecular formula is C19H20N2O2S. The maximum Gasteiger partial charge on any atom is 0.277 e. The Labute approximate surface area is 145 Å². The minimum absolute atomic E-state index is 0.0265. The summed E-state index contributed by atoms with van der Waals surface area (Å²) in [5.41, 5.74) is 2.81. The summed E-state index contributed by atoms with van der Waals surface area (Å²) in [5, 5.41) is 0.641. The average molecular weight is 340 g/mol. The molecule has 1 aromatic carbocycles. The van der Waals surface area contributed by atoms with Gasteiger partial charge in [0.05, 0.1) is 6.54 Å². The Kier molecular flexibility index (Phi) is 5.30. The third-order valence-corrected chi connectivity index (χ3v) is 5.13. The number of carbonyl (C=O) groups excluding carboxylic acids is 1. The van der Waals surface area contributed by atoms with Gasteiger partial charge in [-0.15, -0.1) is 0 Å². The monoisotopic (exact) mass is 340 g/mol. The van der Waals surface area contributed by atoms with Gasteiger partial charge in [-0.25, -0.2) is 0 Å². The van der Waals surface area contributed by atoms with Gasteiger partial charge in [-0.05, 0) is 37.8 Å². The van der Waals surface area contributed by atoms with E-state index in [1.165, 1.54) is 17.3 Å². The molecule has 1 aromatic heterocycles. The summed E-state index contributed by atoms with van der Waals surface area (Å²) >= 11 is 1.52. The van der Waals surface area contributed by atoms with E-state index in [2.05, 4.69) is 4.98 Å². The number of benzene rings is 1. The zero-order valence-electron chi connectivity index (χ0n) is 13.7. The molecule has 0 spiro atoms. The van der Waals surface area contributed by atoms with Crippen LogP contribution in [0.25, 0.3) is 0 Å². The molecule has 0 atom stereocenters. The van der Waals surface area contributed by atoms with Crippen LogP contribution in [0.3, 0.4) is 0 Å². The number of thioether (sulfide) groups is 1. The Morgan fingerprint density at radius 1 is 1.29 bits per heavy atom. The van der Waals surface area contributed by atoms with E-state index in [1.54, 1.807) is 12.2 Å². The Bertz CT molecular complexity index is 825. The first-order valence-corrected chi connectivity index (χ1v) is 9.12. The van der Waals surface area contributed by atoms with Crippen molar-refractivity contribution in [3.63, 3.8) is 0 Å². The van der Waals surface area contributed by atoms with Crippen LogP contribution in [0.5, 0.6) is 0 Å². The van der Waals surface area contributed by atoms with Crippen LogP contribution >= 0.6 is 11.8 Å². The number of allylic oxidation sites excluding steroid dienone is 2. The Balaban J connectivity index is 1.93. The highest BCUT2D eigenvalue weighted by atomic mass is 32.2. The topological polar surface area (TPSA) is 52.0 Å². The molecule has 24 heavy (non-hydrogen) atoms. The summed E-state index contributed by atoms with van der Waals surface area (Å²) < 4.78 is 1.94. The quantitative estimate of drug-likeness (QED) is 0.460. The van der Waals surface area contributed by atoms with E-state index in [9.17, 15) is 9.59 Å². The number of hydrogen-bond acceptors (Lipinski definition) is 4. The van der Waals surface area contributed by atoms with Crippen molar-refractivity contribution in [1.29, 1.82) is 0 Å². The van der Waals surface area contributed by atoms with Crippen LogP contribution < -0.4 is 5.56 Å². The van der Waals surface area contributed by atoms with Crippen molar-refractivity contribution >= 4 is 17.5 Å². The van der Waals surface area contributed by atoms with E-state index in [4.69, 9.17) is 0 Å². The highest BCUT2D eigenvalue weighted by molar-refractivity contribution is 7.98. The summed E-state index contributed by atoms with van der Waals surface area (Å²) in [7, 11) is 0. The van der Waals surface area contributed by atoms with Gasteiger partial charge in [0, 0.05) is 17.0 Å². The fourth-order valence-corrected chi connectivity index (χ4v) is 3.94. The minimum atomic E-state index is -0.132. The van der Waals surface area contributed by atoms with Gasteiger partial charge >= 0.3 is 0 Å². The standard InChI is InChI=1S/C19H20N2O2S/c1-2-7-15(22)12-21-17-11-6-10-16(17)18(23)20-19(21)24-13-14-8-4-3-5-9-14/h2-5,7-9H,6,10-13H2,1H3/b7-2-. The lowest BCUT2D eigenvalue weighted by atomic mass is 10.2. The predicted molar refractivity (Wildman–Crippen MR) is 96.3 cm³/mol. The highest BCUT2D eigenvalue weighted by Crippen LogP contribution is 2.26. The Hall–Kier alpha value is -2.14. The number of carbonyl (C=O) groups is 1. The molecule has 5 heteroatoms. The van der Waals surface area contributed by atoms with Gasteiger partial charge in [0.15, 0.2) is 10.9 Å². The Morgan fingerprint density at radius 3 is 2.83 bits per heavy atom. The maximum atomic E-state index is 12.3. The molecule has 0 N–H and O–H groups in total. The van der Waals surface area contributed by atoms with Crippen molar-refractivity contribution in [2.75, 3.05) is 0 Å². The molecule has 3 rings (SSSR count). The highest BCUT2D eigenvalue weighted by Gasteiger charge is 2.22. The van der Waals surface area contributed by atoms with Gasteiger partial charge in [-0.1, -0.05) is 48.2 Å². The first kappa shape index (κ1) is 16.7. The molecule has 0 saturated heterocycles. The summed E-state index contributed by atoms with van der Waals surface area (Å²) in [5.74, 6) is 0.753. The molecule has 124 valence electrons. The van der Waals surface area contributed by atoms with E-state index in [0.29, 0.717) is 5.16 Å². The average Bonchev–Trinajstić information content (AvgIpc) is 3.07. The van der Waals surface area contributed by atoms with E-state index in [0.717, 1.165) is 36.3 Å². The lowest BCUT2D eigenvalue weighted by Crippen LogP contribution is -2.23. The number of ketones is 1. The molecule has 0 radical (unpaired) electrons. The minimum Gasteiger partial charge on any atom is -0.316 e. The zero-order chi connectivity index (χ0) is 16.9. The largest absolute Gasteiger partial charge is 0.316 e. The predicted octanol–water partition coefficient (Wildman–Crippen LogP) is 3.17. The van der Waals surface area contributed by atoms with Crippen LogP contribution in [0, 0.1) is 0 Å². The smallest absolute Gasteiger partial charge is 0.277 e. The van der Waals surface area contributed by atoms with Crippen molar-refractivity contribution < 1.29 is 4.79 Å². The summed E-state index contributed by atoms with van der Waals surface area (Å²) in [6.07, 6.45) is 5.88. The van der Waals surface area contributed by atoms with Crippen molar-refractivity contribution in [2.24, 2.45) is 0 Å². The second kappa shape index (κ2) is 7.62. The van der Waals surface area contributed by atoms with Crippen LogP contribution in [0.1, 0.15) is 30.2 Å². The van der Waals surface area contributed by atoms with Crippen molar-refractivity contribution in [1.82, 2.24) is 9.55 Å². The summed E-state index contributed by atoms with van der Waals surface area (Å²) in [6, 6.07) is 10.1. The third kappa shape index (κ3) is 3.67. The molecule has 0 saturated carbocycles.